The van der Waals surface area contributed by atoms with E-state index in [-0.39, 0.29) is 48.2 Å². The van der Waals surface area contributed by atoms with Crippen LogP contribution in [-0.4, -0.2) is 35.4 Å². The molecule has 3 amide bonds. The molecule has 1 aliphatic rings. The number of fused-ring (bicyclic) bond motifs is 1. The number of para-hydroxylation sites is 2. The average Bonchev–Trinajstić information content (AvgIpc) is 3.16. The number of amides is 3. The van der Waals surface area contributed by atoms with Crippen LogP contribution in [0.15, 0.2) is 114 Å². The Morgan fingerprint density at radius 2 is 1.46 bits per heavy atom. The maximum absolute atomic E-state index is 12.8. The summed E-state index contributed by atoms with van der Waals surface area (Å²) in [5.41, 5.74) is 5.42. The minimum Gasteiger partial charge on any atom is -0.496 e. The van der Waals surface area contributed by atoms with Crippen LogP contribution in [-0.2, 0) is 21.4 Å². The fourth-order valence-electron chi connectivity index (χ4n) is 6.73. The van der Waals surface area contributed by atoms with Crippen LogP contribution in [0.1, 0.15) is 57.6 Å². The predicted octanol–water partition coefficient (Wildman–Crippen LogP) is 8.29. The van der Waals surface area contributed by atoms with Crippen molar-refractivity contribution in [1.82, 2.24) is 4.57 Å². The van der Waals surface area contributed by atoms with Crippen molar-refractivity contribution in [2.45, 2.75) is 58.0 Å². The number of carbonyl (C=O) groups is 3. The number of anilines is 4. The molecule has 1 aliphatic heterocycles. The number of nitrogens with one attached hydrogen (secondary N) is 3. The van der Waals surface area contributed by atoms with Crippen LogP contribution < -0.4 is 35.9 Å². The summed E-state index contributed by atoms with van der Waals surface area (Å²) >= 11 is 0. The van der Waals surface area contributed by atoms with Crippen molar-refractivity contribution in [1.29, 1.82) is 0 Å². The maximum Gasteiger partial charge on any atom is 0.254 e. The van der Waals surface area contributed by atoms with Crippen LogP contribution in [0.25, 0.3) is 11.1 Å². The predicted molar refractivity (Wildman–Crippen MR) is 212 cm³/mol. The van der Waals surface area contributed by atoms with Crippen LogP contribution in [0, 0.1) is 0 Å². The van der Waals surface area contributed by atoms with E-state index < -0.39 is 0 Å². The van der Waals surface area contributed by atoms with Gasteiger partial charge in [-0.25, -0.2) is 0 Å². The lowest BCUT2D eigenvalue weighted by molar-refractivity contribution is -0.119. The van der Waals surface area contributed by atoms with Gasteiger partial charge in [0.25, 0.3) is 5.56 Å². The standard InChI is InChI=1S/C43H45N5O6/c1-5-42(51)48-28(2)24-36(34-15-6-8-16-37(34)48)44-29-20-22-30(23-21-29)45-40(49)18-11-19-41(50)46-31-12-10-13-32(25-31)54-38-17-9-7-14-33(38)35-27-47(3)43(52)26-39(35)53-4/h6-10,12-17,20-23,25-28,36,44H,5,11,18-19,24H2,1-4H3,(H,45,49)(H,46,50)/t28-,36+/m0/s1. The number of nitrogens with zero attached hydrogens (tertiary/aromatic N) is 2. The van der Waals surface area contributed by atoms with Gasteiger partial charge < -0.3 is 34.9 Å². The summed E-state index contributed by atoms with van der Waals surface area (Å²) in [6, 6.07) is 31.6. The SMILES string of the molecule is CCC(=O)N1c2ccccc2[C@H](Nc2ccc(NC(=O)CCCC(=O)Nc3cccc(Oc4ccccc4-c4cn(C)c(=O)cc4OC)c3)cc2)C[C@@H]1C. The number of methoxy groups -OCH3 is 1. The quantitative estimate of drug-likeness (QED) is 0.111. The Labute approximate surface area is 314 Å². The molecule has 0 aliphatic carbocycles. The van der Waals surface area contributed by atoms with E-state index >= 15 is 0 Å². The lowest BCUT2D eigenvalue weighted by Crippen LogP contribution is -2.44. The molecule has 0 saturated heterocycles. The Morgan fingerprint density at radius 1 is 0.778 bits per heavy atom. The second kappa shape index (κ2) is 17.0. The summed E-state index contributed by atoms with van der Waals surface area (Å²) < 4.78 is 13.2. The first-order valence-electron chi connectivity index (χ1n) is 18.1. The van der Waals surface area contributed by atoms with Crippen molar-refractivity contribution in [3.63, 3.8) is 0 Å². The minimum atomic E-state index is -0.216. The second-order valence-corrected chi connectivity index (χ2v) is 13.3. The molecule has 0 bridgehead atoms. The Morgan fingerprint density at radius 3 is 2.20 bits per heavy atom. The van der Waals surface area contributed by atoms with Gasteiger partial charge in [0.1, 0.15) is 17.2 Å². The van der Waals surface area contributed by atoms with Gasteiger partial charge >= 0.3 is 0 Å². The van der Waals surface area contributed by atoms with Crippen molar-refractivity contribution in [3.05, 3.63) is 125 Å². The van der Waals surface area contributed by atoms with Gasteiger partial charge in [-0.3, -0.25) is 19.2 Å². The van der Waals surface area contributed by atoms with Crippen molar-refractivity contribution < 1.29 is 23.9 Å². The highest BCUT2D eigenvalue weighted by atomic mass is 16.5. The Bertz CT molecular complexity index is 2200. The smallest absolute Gasteiger partial charge is 0.254 e. The molecule has 0 unspecified atom stereocenters. The Hall–Kier alpha value is -6.36. The zero-order chi connectivity index (χ0) is 38.2. The normalized spacial score (nSPS) is 14.8. The molecule has 11 heteroatoms. The summed E-state index contributed by atoms with van der Waals surface area (Å²) in [6.07, 6.45) is 3.67. The zero-order valence-corrected chi connectivity index (χ0v) is 30.9. The number of aromatic nitrogens is 1. The molecular weight excluding hydrogens is 683 g/mol. The third-order valence-electron chi connectivity index (χ3n) is 9.41. The monoisotopic (exact) mass is 727 g/mol. The zero-order valence-electron chi connectivity index (χ0n) is 30.9. The Kier molecular flexibility index (Phi) is 11.8. The number of aryl methyl sites for hydroxylation is 1. The van der Waals surface area contributed by atoms with E-state index in [2.05, 4.69) is 28.9 Å². The summed E-state index contributed by atoms with van der Waals surface area (Å²) in [7, 11) is 3.19. The molecule has 11 nitrogen and oxygen atoms in total. The summed E-state index contributed by atoms with van der Waals surface area (Å²) in [5.74, 6) is 1.22. The fourth-order valence-corrected chi connectivity index (χ4v) is 6.73. The molecule has 4 aromatic carbocycles. The topological polar surface area (TPSA) is 131 Å². The Balaban J connectivity index is 0.987. The number of carbonyl (C=O) groups excluding carboxylic acids is 3. The molecule has 2 atom stereocenters. The third-order valence-corrected chi connectivity index (χ3v) is 9.41. The number of ether oxygens (including phenoxy) is 2. The third kappa shape index (κ3) is 8.80. The van der Waals surface area contributed by atoms with E-state index in [4.69, 9.17) is 9.47 Å². The van der Waals surface area contributed by atoms with Crippen molar-refractivity contribution in [3.8, 4) is 28.4 Å². The molecule has 0 spiro atoms. The van der Waals surface area contributed by atoms with Crippen LogP contribution in [0.3, 0.4) is 0 Å². The van der Waals surface area contributed by atoms with E-state index in [0.717, 1.165) is 28.9 Å². The molecule has 0 saturated carbocycles. The number of hydrogen-bond acceptors (Lipinski definition) is 7. The van der Waals surface area contributed by atoms with Gasteiger partial charge in [-0.2, -0.15) is 0 Å². The highest BCUT2D eigenvalue weighted by Crippen LogP contribution is 2.40. The molecule has 54 heavy (non-hydrogen) atoms. The van der Waals surface area contributed by atoms with Crippen LogP contribution in [0.4, 0.5) is 22.7 Å². The molecule has 0 fully saturated rings. The number of hydrogen-bond donors (Lipinski definition) is 3. The summed E-state index contributed by atoms with van der Waals surface area (Å²) in [6.45, 7) is 3.96. The van der Waals surface area contributed by atoms with E-state index in [1.165, 1.54) is 17.7 Å². The van der Waals surface area contributed by atoms with E-state index in [0.29, 0.717) is 47.0 Å². The van der Waals surface area contributed by atoms with Crippen molar-refractivity contribution in [2.24, 2.45) is 7.05 Å². The van der Waals surface area contributed by atoms with Gasteiger partial charge in [-0.1, -0.05) is 49.4 Å². The average molecular weight is 728 g/mol. The lowest BCUT2D eigenvalue weighted by atomic mass is 9.91. The molecule has 3 N–H and O–H groups in total. The van der Waals surface area contributed by atoms with Gasteiger partial charge in [0.05, 0.1) is 13.2 Å². The summed E-state index contributed by atoms with van der Waals surface area (Å²) in [5, 5.41) is 9.42. The number of pyridine rings is 1. The molecule has 278 valence electrons. The van der Waals surface area contributed by atoms with E-state index in [1.807, 2.05) is 78.6 Å². The van der Waals surface area contributed by atoms with Gasteiger partial charge in [0.15, 0.2) is 0 Å². The van der Waals surface area contributed by atoms with Gasteiger partial charge in [0, 0.05) is 84.6 Å². The first-order chi connectivity index (χ1) is 26.1. The first-order valence-corrected chi connectivity index (χ1v) is 18.1. The largest absolute Gasteiger partial charge is 0.496 e. The highest BCUT2D eigenvalue weighted by Gasteiger charge is 2.32. The molecular formula is C43H45N5O6. The van der Waals surface area contributed by atoms with Crippen LogP contribution >= 0.6 is 0 Å². The van der Waals surface area contributed by atoms with Crippen LogP contribution in [0.2, 0.25) is 0 Å². The van der Waals surface area contributed by atoms with Gasteiger partial charge in [0.2, 0.25) is 17.7 Å². The molecule has 0 radical (unpaired) electrons. The minimum absolute atomic E-state index is 0.0402. The number of rotatable bonds is 13. The van der Waals surface area contributed by atoms with Crippen molar-refractivity contribution >= 4 is 40.5 Å². The lowest BCUT2D eigenvalue weighted by Gasteiger charge is -2.40. The maximum atomic E-state index is 12.8. The van der Waals surface area contributed by atoms with Crippen molar-refractivity contribution in [2.75, 3.05) is 28.0 Å². The fraction of sp³-hybridized carbons (Fsp3) is 0.256. The highest BCUT2D eigenvalue weighted by molar-refractivity contribution is 5.95. The van der Waals surface area contributed by atoms with Gasteiger partial charge in [-0.05, 0) is 73.9 Å². The molecule has 1 aromatic heterocycles. The molecule has 2 heterocycles. The number of benzene rings is 4. The molecule has 5 aromatic rings. The van der Waals surface area contributed by atoms with E-state index in [1.54, 1.807) is 37.5 Å². The van der Waals surface area contributed by atoms with Gasteiger partial charge in [-0.15, -0.1) is 0 Å². The van der Waals surface area contributed by atoms with E-state index in [9.17, 15) is 19.2 Å². The summed E-state index contributed by atoms with van der Waals surface area (Å²) in [4.78, 5) is 52.3. The molecule has 6 rings (SSSR count). The first kappa shape index (κ1) is 37.4. The van der Waals surface area contributed by atoms with Crippen LogP contribution in [0.5, 0.6) is 17.2 Å². The second-order valence-electron chi connectivity index (χ2n) is 13.3.